The van der Waals surface area contributed by atoms with E-state index < -0.39 is 23.1 Å². The van der Waals surface area contributed by atoms with Gasteiger partial charge in [-0.2, -0.15) is 0 Å². The number of aromatic amines is 1. The number of hydrogen-bond donors (Lipinski definition) is 2. The largest absolute Gasteiger partial charge is 0.586 e. The highest BCUT2D eigenvalue weighted by atomic mass is 19.3. The number of nitrogens with zero attached hydrogens (tertiary/aromatic N) is 1. The lowest BCUT2D eigenvalue weighted by atomic mass is 9.91. The van der Waals surface area contributed by atoms with E-state index >= 15 is 4.39 Å². The molecule has 2 N–H and O–H groups in total. The van der Waals surface area contributed by atoms with Crippen molar-refractivity contribution in [3.05, 3.63) is 53.5 Å². The van der Waals surface area contributed by atoms with Gasteiger partial charge in [0.05, 0.1) is 17.8 Å². The number of halogens is 3. The van der Waals surface area contributed by atoms with E-state index in [1.54, 1.807) is 12.1 Å². The molecule has 2 heterocycles. The molecule has 1 saturated carbocycles. The number of aliphatic hydroxyl groups excluding tert-OH is 1. The molecule has 6 nitrogen and oxygen atoms in total. The lowest BCUT2D eigenvalue weighted by Gasteiger charge is -2.29. The first-order chi connectivity index (χ1) is 15.1. The van der Waals surface area contributed by atoms with Gasteiger partial charge >= 0.3 is 6.29 Å². The molecule has 0 unspecified atom stereocenters. The molecule has 5 rings (SSSR count). The maximum absolute atomic E-state index is 15.1. The molecule has 0 spiro atoms. The van der Waals surface area contributed by atoms with Crippen LogP contribution in [0, 0.1) is 5.82 Å². The molecule has 0 saturated heterocycles. The second kappa shape index (κ2) is 6.65. The lowest BCUT2D eigenvalue weighted by molar-refractivity contribution is -0.286. The van der Waals surface area contributed by atoms with Crippen molar-refractivity contribution >= 4 is 23.0 Å². The molecule has 168 valence electrons. The van der Waals surface area contributed by atoms with Crippen LogP contribution in [-0.4, -0.2) is 29.4 Å². The molecule has 32 heavy (non-hydrogen) atoms. The van der Waals surface area contributed by atoms with Crippen molar-refractivity contribution in [3.8, 4) is 11.5 Å². The van der Waals surface area contributed by atoms with Crippen molar-refractivity contribution in [2.24, 2.45) is 0 Å². The molecule has 1 aliphatic heterocycles. The Morgan fingerprint density at radius 2 is 1.88 bits per heavy atom. The summed E-state index contributed by atoms with van der Waals surface area (Å²) in [7, 11) is 0. The zero-order valence-corrected chi connectivity index (χ0v) is 17.4. The Hall–Kier alpha value is -3.20. The van der Waals surface area contributed by atoms with E-state index in [0.717, 1.165) is 5.69 Å². The quantitative estimate of drug-likeness (QED) is 0.545. The second-order valence-corrected chi connectivity index (χ2v) is 8.95. The van der Waals surface area contributed by atoms with Crippen LogP contribution in [0.2, 0.25) is 0 Å². The van der Waals surface area contributed by atoms with E-state index in [1.807, 2.05) is 19.9 Å². The number of hydrogen-bond acceptors (Lipinski definition) is 4. The number of alkyl halides is 2. The standard InChI is InChI=1S/C23H21F3N2O4/c1-21(2,11-29)20-8-13-7-17(15(24)10-16(13)27-20)28(12-30)22(5-6-22)14-3-4-18-19(9-14)32-23(25,26)31-18/h3-4,7-10,12,27,29H,5-6,11H2,1-2H3. The van der Waals surface area contributed by atoms with Gasteiger partial charge in [0.2, 0.25) is 6.41 Å². The number of nitrogens with one attached hydrogen (secondary N) is 1. The van der Waals surface area contributed by atoms with Crippen LogP contribution in [-0.2, 0) is 15.7 Å². The van der Waals surface area contributed by atoms with E-state index in [4.69, 9.17) is 0 Å². The van der Waals surface area contributed by atoms with E-state index in [0.29, 0.717) is 35.7 Å². The first kappa shape index (κ1) is 20.7. The first-order valence-corrected chi connectivity index (χ1v) is 10.2. The SMILES string of the molecule is CC(C)(CO)c1cc2cc(N(C=O)C3(c4ccc5c(c4)OC(F)(F)O5)CC3)c(F)cc2[nH]1. The van der Waals surface area contributed by atoms with Gasteiger partial charge in [-0.15, -0.1) is 8.78 Å². The van der Waals surface area contributed by atoms with Gasteiger partial charge in [-0.1, -0.05) is 19.9 Å². The van der Waals surface area contributed by atoms with Gasteiger partial charge in [0.25, 0.3) is 0 Å². The molecule has 3 aromatic rings. The average Bonchev–Trinajstić information content (AvgIpc) is 3.31. The first-order valence-electron chi connectivity index (χ1n) is 10.2. The minimum Gasteiger partial charge on any atom is -0.395 e. The van der Waals surface area contributed by atoms with Gasteiger partial charge in [-0.3, -0.25) is 4.79 Å². The highest BCUT2D eigenvalue weighted by Gasteiger charge is 2.52. The summed E-state index contributed by atoms with van der Waals surface area (Å²) in [5.74, 6) is -0.813. The predicted molar refractivity (Wildman–Crippen MR) is 110 cm³/mol. The fourth-order valence-electron chi connectivity index (χ4n) is 4.19. The minimum atomic E-state index is -3.74. The van der Waals surface area contributed by atoms with E-state index in [1.165, 1.54) is 23.1 Å². The molecule has 0 bridgehead atoms. The molecule has 1 amide bonds. The highest BCUT2D eigenvalue weighted by molar-refractivity contribution is 5.89. The van der Waals surface area contributed by atoms with Gasteiger partial charge in [0.1, 0.15) is 5.82 Å². The van der Waals surface area contributed by atoms with E-state index in [2.05, 4.69) is 14.5 Å². The van der Waals surface area contributed by atoms with Crippen molar-refractivity contribution in [1.82, 2.24) is 4.98 Å². The maximum atomic E-state index is 15.1. The summed E-state index contributed by atoms with van der Waals surface area (Å²) in [6.45, 7) is 3.62. The number of fused-ring (bicyclic) bond motifs is 2. The van der Waals surface area contributed by atoms with Gasteiger partial charge in [-0.25, -0.2) is 4.39 Å². The summed E-state index contributed by atoms with van der Waals surface area (Å²) in [6, 6.07) is 9.07. The predicted octanol–water partition coefficient (Wildman–Crippen LogP) is 4.55. The third kappa shape index (κ3) is 3.10. The average molecular weight is 446 g/mol. The fourth-order valence-corrected chi connectivity index (χ4v) is 4.19. The molecule has 1 aromatic heterocycles. The number of carbonyl (C=O) groups is 1. The number of anilines is 1. The topological polar surface area (TPSA) is 74.8 Å². The van der Waals surface area contributed by atoms with Crippen LogP contribution in [0.4, 0.5) is 18.9 Å². The van der Waals surface area contributed by atoms with E-state index in [9.17, 15) is 18.7 Å². The summed E-state index contributed by atoms with van der Waals surface area (Å²) < 4.78 is 50.9. The number of aliphatic hydroxyl groups is 1. The van der Waals surface area contributed by atoms with Crippen LogP contribution in [0.1, 0.15) is 37.9 Å². The van der Waals surface area contributed by atoms with Crippen LogP contribution < -0.4 is 14.4 Å². The molecule has 1 aliphatic carbocycles. The Kier molecular flexibility index (Phi) is 4.30. The van der Waals surface area contributed by atoms with Crippen molar-refractivity contribution in [1.29, 1.82) is 0 Å². The smallest absolute Gasteiger partial charge is 0.395 e. The summed E-state index contributed by atoms with van der Waals surface area (Å²) in [5.41, 5.74) is 0.508. The Labute approximate surface area is 181 Å². The van der Waals surface area contributed by atoms with Crippen molar-refractivity contribution in [3.63, 3.8) is 0 Å². The number of H-pyrrole nitrogens is 1. The summed E-state index contributed by atoms with van der Waals surface area (Å²) >= 11 is 0. The number of ether oxygens (including phenoxy) is 2. The van der Waals surface area contributed by atoms with Crippen LogP contribution in [0.15, 0.2) is 36.4 Å². The zero-order valence-electron chi connectivity index (χ0n) is 17.4. The summed E-state index contributed by atoms with van der Waals surface area (Å²) in [4.78, 5) is 16.6. The molecular formula is C23H21F3N2O4. The normalized spacial score (nSPS) is 18.1. The molecule has 0 radical (unpaired) electrons. The maximum Gasteiger partial charge on any atom is 0.586 e. The second-order valence-electron chi connectivity index (χ2n) is 8.95. The minimum absolute atomic E-state index is 0.0837. The Bertz CT molecular complexity index is 1230. The number of benzene rings is 2. The molecule has 0 atom stereocenters. The number of carbonyl (C=O) groups excluding carboxylic acids is 1. The van der Waals surface area contributed by atoms with Crippen molar-refractivity contribution in [2.75, 3.05) is 11.5 Å². The van der Waals surface area contributed by atoms with Gasteiger partial charge in [0, 0.05) is 28.1 Å². The third-order valence-electron chi connectivity index (χ3n) is 6.30. The molecule has 2 aliphatic rings. The molecule has 9 heteroatoms. The van der Waals surface area contributed by atoms with Gasteiger partial charge in [0.15, 0.2) is 11.5 Å². The number of aromatic nitrogens is 1. The summed E-state index contributed by atoms with van der Waals surface area (Å²) in [6.07, 6.45) is -2.11. The fraction of sp³-hybridized carbons (Fsp3) is 0.348. The van der Waals surface area contributed by atoms with Gasteiger partial charge in [-0.05, 0) is 42.7 Å². The lowest BCUT2D eigenvalue weighted by Crippen LogP contribution is -2.35. The zero-order chi connectivity index (χ0) is 22.9. The molecular weight excluding hydrogens is 425 g/mol. The monoisotopic (exact) mass is 446 g/mol. The van der Waals surface area contributed by atoms with Crippen LogP contribution in [0.3, 0.4) is 0 Å². The molecule has 1 fully saturated rings. The van der Waals surface area contributed by atoms with Crippen LogP contribution in [0.25, 0.3) is 10.9 Å². The van der Waals surface area contributed by atoms with Crippen molar-refractivity contribution < 1.29 is 32.5 Å². The Morgan fingerprint density at radius 3 is 2.53 bits per heavy atom. The molecule has 2 aromatic carbocycles. The van der Waals surface area contributed by atoms with E-state index in [-0.39, 0.29) is 23.8 Å². The number of rotatable bonds is 6. The van der Waals surface area contributed by atoms with Crippen molar-refractivity contribution in [2.45, 2.75) is 43.9 Å². The Balaban J connectivity index is 1.55. The van der Waals surface area contributed by atoms with Crippen LogP contribution >= 0.6 is 0 Å². The number of amides is 1. The third-order valence-corrected chi connectivity index (χ3v) is 6.30. The van der Waals surface area contributed by atoms with Gasteiger partial charge < -0.3 is 24.5 Å². The highest BCUT2D eigenvalue weighted by Crippen LogP contribution is 2.55. The van der Waals surface area contributed by atoms with Crippen LogP contribution in [0.5, 0.6) is 11.5 Å². The summed E-state index contributed by atoms with van der Waals surface area (Å²) in [5, 5.41) is 10.3. The Morgan fingerprint density at radius 1 is 1.16 bits per heavy atom.